The van der Waals surface area contributed by atoms with Crippen molar-refractivity contribution in [2.75, 3.05) is 37.5 Å². The number of fused-ring (bicyclic) bond motifs is 1. The van der Waals surface area contributed by atoms with Crippen LogP contribution < -0.4 is 20.1 Å². The molecule has 2 unspecified atom stereocenters. The SMILES string of the molecule is CCOc1ccc(NC(=O)[C@H]2[C@H]3C(=O)N(CCCCCCO)C(C(=O)Nc4ccc(OC)cc4)C34CC[C@]2(C)S4)cc1. The Morgan fingerprint density at radius 3 is 2.19 bits per heavy atom. The van der Waals surface area contributed by atoms with Gasteiger partial charge in [0.25, 0.3) is 0 Å². The molecule has 42 heavy (non-hydrogen) atoms. The van der Waals surface area contributed by atoms with Gasteiger partial charge in [0.15, 0.2) is 0 Å². The van der Waals surface area contributed by atoms with E-state index in [0.717, 1.165) is 31.4 Å². The average Bonchev–Trinajstić information content (AvgIpc) is 3.55. The molecule has 0 aliphatic carbocycles. The van der Waals surface area contributed by atoms with E-state index in [1.165, 1.54) is 0 Å². The number of nitrogens with zero attached hydrogens (tertiary/aromatic N) is 1. The van der Waals surface area contributed by atoms with Crippen molar-refractivity contribution in [3.8, 4) is 11.5 Å². The predicted molar refractivity (Wildman–Crippen MR) is 164 cm³/mol. The second-order valence-electron chi connectivity index (χ2n) is 11.6. The van der Waals surface area contributed by atoms with Crippen LogP contribution in [0.3, 0.4) is 0 Å². The van der Waals surface area contributed by atoms with Crippen molar-refractivity contribution in [3.63, 3.8) is 0 Å². The average molecular weight is 596 g/mol. The van der Waals surface area contributed by atoms with E-state index in [1.807, 2.05) is 31.2 Å². The first-order valence-corrected chi connectivity index (χ1v) is 15.7. The lowest BCUT2D eigenvalue weighted by molar-refractivity contribution is -0.139. The number of ether oxygens (including phenoxy) is 2. The summed E-state index contributed by atoms with van der Waals surface area (Å²) in [5.41, 5.74) is 1.28. The summed E-state index contributed by atoms with van der Waals surface area (Å²) in [6.07, 6.45) is 4.59. The molecule has 2 aromatic rings. The lowest BCUT2D eigenvalue weighted by atomic mass is 9.66. The number of unbranched alkanes of at least 4 members (excludes halogenated alkanes) is 3. The Kier molecular flexibility index (Phi) is 9.03. The van der Waals surface area contributed by atoms with Gasteiger partial charge < -0.3 is 30.1 Å². The van der Waals surface area contributed by atoms with Gasteiger partial charge in [-0.15, -0.1) is 11.8 Å². The smallest absolute Gasteiger partial charge is 0.248 e. The molecule has 3 heterocycles. The number of rotatable bonds is 13. The van der Waals surface area contributed by atoms with Gasteiger partial charge in [0, 0.05) is 29.3 Å². The molecular weight excluding hydrogens is 554 g/mol. The maximum Gasteiger partial charge on any atom is 0.248 e. The fraction of sp³-hybridized carbons (Fsp3) is 0.531. The molecule has 0 saturated carbocycles. The van der Waals surface area contributed by atoms with Gasteiger partial charge in [-0.1, -0.05) is 12.8 Å². The second kappa shape index (κ2) is 12.6. The highest BCUT2D eigenvalue weighted by molar-refractivity contribution is 8.02. The lowest BCUT2D eigenvalue weighted by Crippen LogP contribution is -2.51. The summed E-state index contributed by atoms with van der Waals surface area (Å²) in [6, 6.07) is 13.7. The number of aliphatic hydroxyl groups excluding tert-OH is 1. The normalized spacial score (nSPS) is 27.6. The molecule has 2 aromatic carbocycles. The third-order valence-corrected chi connectivity index (χ3v) is 10.9. The summed E-state index contributed by atoms with van der Waals surface area (Å²) in [7, 11) is 1.59. The van der Waals surface area contributed by atoms with E-state index in [1.54, 1.807) is 48.0 Å². The summed E-state index contributed by atoms with van der Waals surface area (Å²) in [6.45, 7) is 5.12. The van der Waals surface area contributed by atoms with E-state index < -0.39 is 27.4 Å². The molecule has 2 bridgehead atoms. The molecule has 3 fully saturated rings. The largest absolute Gasteiger partial charge is 0.497 e. The molecular formula is C32H41N3O6S. The molecule has 9 nitrogen and oxygen atoms in total. The number of likely N-dealkylation sites (tertiary alicyclic amines) is 1. The molecule has 5 atom stereocenters. The van der Waals surface area contributed by atoms with Gasteiger partial charge >= 0.3 is 0 Å². The first kappa shape index (κ1) is 30.2. The third-order valence-electron chi connectivity index (χ3n) is 8.90. The Balaban J connectivity index is 1.41. The number of thioether (sulfide) groups is 1. The van der Waals surface area contributed by atoms with Gasteiger partial charge in [0.1, 0.15) is 17.5 Å². The molecule has 3 aliphatic rings. The van der Waals surface area contributed by atoms with Gasteiger partial charge in [-0.05, 0) is 88.1 Å². The molecule has 3 N–H and O–H groups in total. The summed E-state index contributed by atoms with van der Waals surface area (Å²) in [5.74, 6) is -0.271. The second-order valence-corrected chi connectivity index (χ2v) is 13.5. The first-order valence-electron chi connectivity index (χ1n) is 14.9. The number of hydrogen-bond donors (Lipinski definition) is 3. The molecule has 10 heteroatoms. The zero-order valence-corrected chi connectivity index (χ0v) is 25.4. The minimum Gasteiger partial charge on any atom is -0.497 e. The minimum atomic E-state index is -0.690. The quantitative estimate of drug-likeness (QED) is 0.287. The molecule has 1 spiro atoms. The zero-order valence-electron chi connectivity index (χ0n) is 24.6. The van der Waals surface area contributed by atoms with Gasteiger partial charge in [-0.25, -0.2) is 0 Å². The van der Waals surface area contributed by atoms with Gasteiger partial charge in [-0.2, -0.15) is 0 Å². The molecule has 226 valence electrons. The number of methoxy groups -OCH3 is 1. The van der Waals surface area contributed by atoms with Crippen LogP contribution in [0.4, 0.5) is 11.4 Å². The number of hydrogen-bond acceptors (Lipinski definition) is 7. The molecule has 3 amide bonds. The summed E-state index contributed by atoms with van der Waals surface area (Å²) >= 11 is 1.66. The van der Waals surface area contributed by atoms with Crippen LogP contribution in [0.2, 0.25) is 0 Å². The highest BCUT2D eigenvalue weighted by Gasteiger charge is 2.77. The Morgan fingerprint density at radius 2 is 1.57 bits per heavy atom. The fourth-order valence-corrected chi connectivity index (χ4v) is 9.38. The van der Waals surface area contributed by atoms with Crippen molar-refractivity contribution in [1.82, 2.24) is 4.90 Å². The topological polar surface area (TPSA) is 117 Å². The van der Waals surface area contributed by atoms with E-state index >= 15 is 0 Å². The molecule has 0 radical (unpaired) electrons. The van der Waals surface area contributed by atoms with Gasteiger partial charge in [-0.3, -0.25) is 14.4 Å². The van der Waals surface area contributed by atoms with E-state index in [2.05, 4.69) is 17.6 Å². The summed E-state index contributed by atoms with van der Waals surface area (Å²) in [5, 5.41) is 15.3. The van der Waals surface area contributed by atoms with Crippen molar-refractivity contribution >= 4 is 40.9 Å². The van der Waals surface area contributed by atoms with Gasteiger partial charge in [0.2, 0.25) is 17.7 Å². The van der Waals surface area contributed by atoms with Crippen molar-refractivity contribution in [2.45, 2.75) is 67.9 Å². The maximum absolute atomic E-state index is 14.2. The van der Waals surface area contributed by atoms with E-state index in [9.17, 15) is 14.4 Å². The first-order chi connectivity index (χ1) is 20.3. The number of carbonyl (C=O) groups is 3. The number of anilines is 2. The number of aliphatic hydroxyl groups is 1. The van der Waals surface area contributed by atoms with Crippen LogP contribution in [0.15, 0.2) is 48.5 Å². The highest BCUT2D eigenvalue weighted by Crippen LogP contribution is 2.71. The maximum atomic E-state index is 14.2. The van der Waals surface area contributed by atoms with Gasteiger partial charge in [0.05, 0.1) is 30.3 Å². The van der Waals surface area contributed by atoms with Crippen LogP contribution in [-0.4, -0.2) is 70.1 Å². The summed E-state index contributed by atoms with van der Waals surface area (Å²) < 4.78 is 9.63. The van der Waals surface area contributed by atoms with Crippen LogP contribution >= 0.6 is 11.8 Å². The third kappa shape index (κ3) is 5.58. The lowest BCUT2D eigenvalue weighted by Gasteiger charge is -2.34. The van der Waals surface area contributed by atoms with Crippen molar-refractivity contribution in [2.24, 2.45) is 11.8 Å². The molecule has 3 saturated heterocycles. The number of benzene rings is 2. The Labute approximate surface area is 251 Å². The zero-order chi connectivity index (χ0) is 29.9. The van der Waals surface area contributed by atoms with Crippen LogP contribution in [-0.2, 0) is 14.4 Å². The minimum absolute atomic E-state index is 0.116. The number of amides is 3. The summed E-state index contributed by atoms with van der Waals surface area (Å²) in [4.78, 5) is 43.9. The van der Waals surface area contributed by atoms with E-state index in [0.29, 0.717) is 43.1 Å². The predicted octanol–water partition coefficient (Wildman–Crippen LogP) is 4.71. The Morgan fingerprint density at radius 1 is 0.952 bits per heavy atom. The monoisotopic (exact) mass is 595 g/mol. The molecule has 5 rings (SSSR count). The van der Waals surface area contributed by atoms with E-state index in [-0.39, 0.29) is 24.3 Å². The van der Waals surface area contributed by atoms with Crippen LogP contribution in [0.25, 0.3) is 0 Å². The van der Waals surface area contributed by atoms with Crippen LogP contribution in [0, 0.1) is 11.8 Å². The van der Waals surface area contributed by atoms with Crippen LogP contribution in [0.5, 0.6) is 11.5 Å². The Hall–Kier alpha value is -3.24. The number of carbonyl (C=O) groups excluding carboxylic acids is 3. The van der Waals surface area contributed by atoms with Crippen molar-refractivity contribution in [3.05, 3.63) is 48.5 Å². The van der Waals surface area contributed by atoms with Crippen molar-refractivity contribution < 1.29 is 29.0 Å². The molecule has 0 aromatic heterocycles. The Bertz CT molecular complexity index is 1290. The highest BCUT2D eigenvalue weighted by atomic mass is 32.2. The molecule has 3 aliphatic heterocycles. The standard InChI is InChI=1S/C32H41N3O6S/c1-4-41-24-15-11-21(12-16-24)33-28(37)25-26-30(39)35(19-7-5-6-8-20-36)27(32(26)18-17-31(25,2)42-32)29(38)34-22-9-13-23(40-3)14-10-22/h9-16,25-27,36H,4-8,17-20H2,1-3H3,(H,33,37)(H,34,38)/t25-,26+,27?,31+,32?/m1/s1. The van der Waals surface area contributed by atoms with Crippen LogP contribution in [0.1, 0.15) is 52.4 Å². The van der Waals surface area contributed by atoms with Crippen molar-refractivity contribution in [1.29, 1.82) is 0 Å². The van der Waals surface area contributed by atoms with E-state index in [4.69, 9.17) is 14.6 Å². The number of nitrogens with one attached hydrogen (secondary N) is 2. The fourth-order valence-electron chi connectivity index (χ4n) is 7.02.